The molecule has 44 heavy (non-hydrogen) atoms. The molecule has 12 heteroatoms. The number of rotatable bonds is 8. The monoisotopic (exact) mass is 622 g/mol. The number of urea groups is 1. The number of nitrogens with zero attached hydrogens (tertiary/aromatic N) is 5. The first-order valence-corrected chi connectivity index (χ1v) is 15.3. The Morgan fingerprint density at radius 2 is 1.77 bits per heavy atom. The first-order valence-electron chi connectivity index (χ1n) is 14.3. The average molecular weight is 623 g/mol. The van der Waals surface area contributed by atoms with Crippen molar-refractivity contribution in [2.45, 2.75) is 52.4 Å². The van der Waals surface area contributed by atoms with Gasteiger partial charge < -0.3 is 15.0 Å². The maximum Gasteiger partial charge on any atom is 0.573 e. The second-order valence-electron chi connectivity index (χ2n) is 10.6. The van der Waals surface area contributed by atoms with E-state index in [4.69, 9.17) is 0 Å². The van der Waals surface area contributed by atoms with E-state index in [0.29, 0.717) is 11.5 Å². The van der Waals surface area contributed by atoms with Crippen LogP contribution < -0.4 is 15.0 Å². The number of hydrogen-bond acceptors (Lipinski definition) is 5. The van der Waals surface area contributed by atoms with Crippen molar-refractivity contribution in [1.29, 1.82) is 0 Å². The summed E-state index contributed by atoms with van der Waals surface area (Å²) in [6, 6.07) is 19.0. The number of para-hydroxylation sites is 1. The van der Waals surface area contributed by atoms with Crippen molar-refractivity contribution in [3.63, 3.8) is 0 Å². The van der Waals surface area contributed by atoms with Gasteiger partial charge in [0.05, 0.1) is 5.69 Å². The van der Waals surface area contributed by atoms with E-state index in [-0.39, 0.29) is 17.8 Å². The number of amidine groups is 1. The lowest BCUT2D eigenvalue weighted by molar-refractivity contribution is -0.274. The van der Waals surface area contributed by atoms with Crippen molar-refractivity contribution in [3.8, 4) is 22.8 Å². The molecule has 1 aliphatic rings. The van der Waals surface area contributed by atoms with Crippen molar-refractivity contribution in [2.24, 2.45) is 4.99 Å². The number of hydrogen-bond donors (Lipinski definition) is 1. The largest absolute Gasteiger partial charge is 0.573 e. The van der Waals surface area contributed by atoms with Crippen LogP contribution >= 0.6 is 11.8 Å². The second kappa shape index (κ2) is 13.5. The van der Waals surface area contributed by atoms with Gasteiger partial charge in [0, 0.05) is 29.6 Å². The number of nitrogens with one attached hydrogen (secondary N) is 1. The van der Waals surface area contributed by atoms with Crippen LogP contribution in [0.1, 0.15) is 36.5 Å². The van der Waals surface area contributed by atoms with Crippen LogP contribution in [0.25, 0.3) is 17.1 Å². The van der Waals surface area contributed by atoms with E-state index in [2.05, 4.69) is 56.0 Å². The summed E-state index contributed by atoms with van der Waals surface area (Å²) in [4.78, 5) is 23.8. The number of amides is 2. The molecule has 1 aliphatic heterocycles. The second-order valence-corrected chi connectivity index (χ2v) is 11.7. The molecule has 1 saturated heterocycles. The third kappa shape index (κ3) is 7.98. The standard InChI is InChI=1S/C32H33F3N6O2S/c1-21-6-4-7-22(2)28(21)40-18-5-19-44-31(40)38-30(42)37-23(3)8-9-24-10-12-25(13-11-24)29-36-20-41(39-29)26-14-16-27(17-15-26)43-32(33,34)35/h4,6-7,10-17,20,23H,5,8-9,18-19H2,1-3H3,(H,37,42). The highest BCUT2D eigenvalue weighted by molar-refractivity contribution is 8.14. The fraction of sp³-hybridized carbons (Fsp3) is 0.312. The van der Waals surface area contributed by atoms with Crippen molar-refractivity contribution in [3.05, 3.63) is 89.7 Å². The molecule has 4 aromatic rings. The molecule has 1 unspecified atom stereocenters. The summed E-state index contributed by atoms with van der Waals surface area (Å²) >= 11 is 1.61. The third-order valence-electron chi connectivity index (χ3n) is 7.17. The van der Waals surface area contributed by atoms with Crippen molar-refractivity contribution < 1.29 is 22.7 Å². The average Bonchev–Trinajstić information content (AvgIpc) is 3.47. The molecular formula is C32H33F3N6O2S. The van der Waals surface area contributed by atoms with Gasteiger partial charge >= 0.3 is 12.4 Å². The van der Waals surface area contributed by atoms with E-state index < -0.39 is 6.36 Å². The Bertz CT molecular complexity index is 1600. The summed E-state index contributed by atoms with van der Waals surface area (Å²) in [6.07, 6.45) is -0.707. The van der Waals surface area contributed by atoms with Crippen molar-refractivity contribution >= 4 is 28.6 Å². The highest BCUT2D eigenvalue weighted by atomic mass is 32.2. The molecule has 0 aliphatic carbocycles. The summed E-state index contributed by atoms with van der Waals surface area (Å²) < 4.78 is 42.6. The highest BCUT2D eigenvalue weighted by Gasteiger charge is 2.31. The van der Waals surface area contributed by atoms with Crippen LogP contribution in [0.4, 0.5) is 23.7 Å². The van der Waals surface area contributed by atoms with Gasteiger partial charge in [-0.1, -0.05) is 54.2 Å². The molecule has 2 heterocycles. The molecular weight excluding hydrogens is 589 g/mol. The van der Waals surface area contributed by atoms with Crippen LogP contribution in [0.2, 0.25) is 0 Å². The van der Waals surface area contributed by atoms with Gasteiger partial charge in [-0.2, -0.15) is 4.99 Å². The summed E-state index contributed by atoms with van der Waals surface area (Å²) in [7, 11) is 0. The summed E-state index contributed by atoms with van der Waals surface area (Å²) in [5.41, 5.74) is 5.91. The number of benzene rings is 3. The van der Waals surface area contributed by atoms with E-state index in [1.54, 1.807) is 11.8 Å². The van der Waals surface area contributed by atoms with Gasteiger partial charge in [-0.15, -0.1) is 18.3 Å². The number of ether oxygens (including phenoxy) is 1. The van der Waals surface area contributed by atoms with Crippen molar-refractivity contribution in [1.82, 2.24) is 20.1 Å². The Labute approximate surface area is 258 Å². The van der Waals surface area contributed by atoms with Crippen LogP contribution in [0.5, 0.6) is 5.75 Å². The Morgan fingerprint density at radius 3 is 2.45 bits per heavy atom. The SMILES string of the molecule is Cc1cccc(C)c1N1CCCSC1=NC(=O)NC(C)CCc1ccc(-c2ncn(-c3ccc(OC(F)(F)F)cc3)n2)cc1. The number of carbonyl (C=O) groups is 1. The number of alkyl halides is 3. The molecule has 1 fully saturated rings. The van der Waals surface area contributed by atoms with Crippen LogP contribution in [0.3, 0.4) is 0 Å². The first kappa shape index (κ1) is 31.1. The van der Waals surface area contributed by atoms with Crippen LogP contribution in [-0.2, 0) is 6.42 Å². The van der Waals surface area contributed by atoms with Crippen LogP contribution in [0, 0.1) is 13.8 Å². The number of carbonyl (C=O) groups excluding carboxylic acids is 1. The minimum Gasteiger partial charge on any atom is -0.406 e. The molecule has 0 radical (unpaired) electrons. The number of anilines is 1. The van der Waals surface area contributed by atoms with Crippen LogP contribution in [-0.4, -0.2) is 50.7 Å². The van der Waals surface area contributed by atoms with Gasteiger partial charge in [0.1, 0.15) is 12.1 Å². The normalized spacial score (nSPS) is 15.3. The van der Waals surface area contributed by atoms with E-state index >= 15 is 0 Å². The van der Waals surface area contributed by atoms with E-state index in [1.807, 2.05) is 37.3 Å². The molecule has 0 spiro atoms. The Balaban J connectivity index is 1.15. The van der Waals surface area contributed by atoms with E-state index in [0.717, 1.165) is 64.7 Å². The van der Waals surface area contributed by atoms with Crippen LogP contribution in [0.15, 0.2) is 78.0 Å². The van der Waals surface area contributed by atoms with Gasteiger partial charge in [0.2, 0.25) is 0 Å². The minimum atomic E-state index is -4.74. The number of aliphatic imine (C=N–C) groups is 1. The van der Waals surface area contributed by atoms with E-state index in [9.17, 15) is 18.0 Å². The fourth-order valence-electron chi connectivity index (χ4n) is 5.02. The molecule has 5 rings (SSSR count). The molecule has 230 valence electrons. The number of thioether (sulfide) groups is 1. The molecule has 3 aromatic carbocycles. The number of aryl methyl sites for hydroxylation is 3. The topological polar surface area (TPSA) is 84.6 Å². The third-order valence-corrected chi connectivity index (χ3v) is 8.23. The Morgan fingerprint density at radius 1 is 1.07 bits per heavy atom. The molecule has 1 N–H and O–H groups in total. The number of aromatic nitrogens is 3. The molecule has 1 aromatic heterocycles. The van der Waals surface area contributed by atoms with Gasteiger partial charge in [0.25, 0.3) is 0 Å². The quantitative estimate of drug-likeness (QED) is 0.219. The fourth-order valence-corrected chi connectivity index (χ4v) is 5.96. The zero-order valence-corrected chi connectivity index (χ0v) is 25.5. The molecule has 1 atom stereocenters. The zero-order valence-electron chi connectivity index (χ0n) is 24.6. The lowest BCUT2D eigenvalue weighted by Crippen LogP contribution is -2.38. The predicted molar refractivity (Wildman–Crippen MR) is 168 cm³/mol. The molecule has 8 nitrogen and oxygen atoms in total. The van der Waals surface area contributed by atoms with E-state index in [1.165, 1.54) is 35.3 Å². The maximum absolute atomic E-state index is 12.9. The number of halogens is 3. The smallest absolute Gasteiger partial charge is 0.406 e. The zero-order chi connectivity index (χ0) is 31.3. The Kier molecular flexibility index (Phi) is 9.58. The predicted octanol–water partition coefficient (Wildman–Crippen LogP) is 7.48. The lowest BCUT2D eigenvalue weighted by atomic mass is 10.0. The van der Waals surface area contributed by atoms with Crippen molar-refractivity contribution in [2.75, 3.05) is 17.2 Å². The minimum absolute atomic E-state index is 0.0703. The van der Waals surface area contributed by atoms with Gasteiger partial charge in [-0.3, -0.25) is 0 Å². The Hall–Kier alpha value is -4.32. The summed E-state index contributed by atoms with van der Waals surface area (Å²) in [6.45, 7) is 6.97. The van der Waals surface area contributed by atoms with Gasteiger partial charge in [-0.05, 0) is 81.0 Å². The summed E-state index contributed by atoms with van der Waals surface area (Å²) in [5, 5.41) is 8.20. The highest BCUT2D eigenvalue weighted by Crippen LogP contribution is 2.31. The van der Waals surface area contributed by atoms with Gasteiger partial charge in [-0.25, -0.2) is 14.5 Å². The first-order chi connectivity index (χ1) is 21.1. The molecule has 0 saturated carbocycles. The summed E-state index contributed by atoms with van der Waals surface area (Å²) in [5.74, 6) is 1.12. The van der Waals surface area contributed by atoms with Gasteiger partial charge in [0.15, 0.2) is 11.0 Å². The lowest BCUT2D eigenvalue weighted by Gasteiger charge is -2.32. The molecule has 0 bridgehead atoms. The molecule has 2 amide bonds. The maximum atomic E-state index is 12.9.